The molecule has 0 radical (unpaired) electrons. The molecular weight excluding hydrogens is 454 g/mol. The molecule has 9 heteroatoms. The molecule has 3 aliphatic rings. The van der Waals surface area contributed by atoms with Gasteiger partial charge in [0.05, 0.1) is 18.0 Å². The molecule has 2 aliphatic heterocycles. The maximum Gasteiger partial charge on any atom is 0.325 e. The summed E-state index contributed by atoms with van der Waals surface area (Å²) in [4.78, 5) is 40.6. The van der Waals surface area contributed by atoms with Crippen LogP contribution in [-0.2, 0) is 33.2 Å². The van der Waals surface area contributed by atoms with Gasteiger partial charge in [-0.3, -0.25) is 18.8 Å². The number of carbonyl (C=O) groups excluding carboxylic acids is 3. The maximum absolute atomic E-state index is 13.6. The first-order valence-corrected chi connectivity index (χ1v) is 13.3. The number of hydrogen-bond acceptors (Lipinski definition) is 5. The Kier molecular flexibility index (Phi) is 5.47. The molecule has 1 aliphatic carbocycles. The lowest BCUT2D eigenvalue weighted by Crippen LogP contribution is -2.44. The lowest BCUT2D eigenvalue weighted by molar-refractivity contribution is -0.131. The molecule has 2 aromatic carbocycles. The molecule has 1 unspecified atom stereocenters. The Balaban J connectivity index is 1.39. The Morgan fingerprint density at radius 3 is 2.65 bits per heavy atom. The number of hydrogen-bond donors (Lipinski definition) is 1. The van der Waals surface area contributed by atoms with E-state index in [0.29, 0.717) is 30.6 Å². The smallest absolute Gasteiger partial charge is 0.319 e. The molecule has 8 nitrogen and oxygen atoms in total. The largest absolute Gasteiger partial charge is 0.325 e. The van der Waals surface area contributed by atoms with E-state index in [4.69, 9.17) is 0 Å². The van der Waals surface area contributed by atoms with E-state index in [1.165, 1.54) is 4.31 Å². The summed E-state index contributed by atoms with van der Waals surface area (Å²) in [5.41, 5.74) is 2.45. The van der Waals surface area contributed by atoms with E-state index in [9.17, 15) is 22.8 Å². The van der Waals surface area contributed by atoms with Gasteiger partial charge in [0.25, 0.3) is 5.91 Å². The van der Waals surface area contributed by atoms with Gasteiger partial charge in [0.1, 0.15) is 5.54 Å². The summed E-state index contributed by atoms with van der Waals surface area (Å²) in [7, 11) is -3.38. The van der Waals surface area contributed by atoms with E-state index < -0.39 is 21.6 Å². The minimum atomic E-state index is -3.38. The van der Waals surface area contributed by atoms with E-state index in [-0.39, 0.29) is 24.0 Å². The standard InChI is InChI=1S/C25H27N3O5S/c1-2-34(32,33)28-14-12-18-15-19(10-11-21(18)28)22(29)16-27-23(30)25(26-24(27)31)13-6-5-8-17-7-3-4-9-20(17)25/h3-4,7,9-11,15H,2,5-6,8,12-14,16H2,1H3,(H,26,31). The van der Waals surface area contributed by atoms with Crippen LogP contribution in [0.2, 0.25) is 0 Å². The number of sulfonamides is 1. The Hall–Kier alpha value is -3.20. The number of amides is 3. The normalized spacial score (nSPS) is 21.9. The van der Waals surface area contributed by atoms with Gasteiger partial charge in [0.15, 0.2) is 5.78 Å². The van der Waals surface area contributed by atoms with Crippen LogP contribution in [0.25, 0.3) is 0 Å². The van der Waals surface area contributed by atoms with Crippen LogP contribution in [0.5, 0.6) is 0 Å². The number of fused-ring (bicyclic) bond motifs is 3. The highest BCUT2D eigenvalue weighted by molar-refractivity contribution is 7.92. The number of nitrogens with zero attached hydrogens (tertiary/aromatic N) is 2. The van der Waals surface area contributed by atoms with Crippen molar-refractivity contribution in [2.45, 2.75) is 44.6 Å². The molecule has 1 atom stereocenters. The van der Waals surface area contributed by atoms with Gasteiger partial charge >= 0.3 is 6.03 Å². The number of imide groups is 1. The predicted octanol–water partition coefficient (Wildman–Crippen LogP) is 2.76. The topological polar surface area (TPSA) is 104 Å². The number of benzene rings is 2. The molecule has 34 heavy (non-hydrogen) atoms. The van der Waals surface area contributed by atoms with Gasteiger partial charge < -0.3 is 5.32 Å². The van der Waals surface area contributed by atoms with Crippen LogP contribution in [0.3, 0.4) is 0 Å². The third-order valence-electron chi connectivity index (χ3n) is 7.16. The van der Waals surface area contributed by atoms with Gasteiger partial charge in [-0.2, -0.15) is 0 Å². The van der Waals surface area contributed by atoms with Gasteiger partial charge in [-0.05, 0) is 73.9 Å². The van der Waals surface area contributed by atoms with Crippen LogP contribution in [0.4, 0.5) is 10.5 Å². The van der Waals surface area contributed by atoms with E-state index in [0.717, 1.165) is 40.9 Å². The summed E-state index contributed by atoms with van der Waals surface area (Å²) in [5, 5.41) is 2.90. The fraction of sp³-hybridized carbons (Fsp3) is 0.400. The molecular formula is C25H27N3O5S. The molecule has 0 aromatic heterocycles. The van der Waals surface area contributed by atoms with Crippen molar-refractivity contribution in [1.82, 2.24) is 10.2 Å². The van der Waals surface area contributed by atoms with Crippen LogP contribution >= 0.6 is 0 Å². The molecule has 0 bridgehead atoms. The van der Waals surface area contributed by atoms with Crippen molar-refractivity contribution in [2.75, 3.05) is 23.1 Å². The van der Waals surface area contributed by atoms with Crippen LogP contribution in [0.1, 0.15) is 53.2 Å². The van der Waals surface area contributed by atoms with E-state index in [2.05, 4.69) is 5.32 Å². The van der Waals surface area contributed by atoms with Crippen LogP contribution < -0.4 is 9.62 Å². The second kappa shape index (κ2) is 8.23. The Bertz CT molecular complexity index is 1310. The number of rotatable bonds is 5. The summed E-state index contributed by atoms with van der Waals surface area (Å²) in [6.45, 7) is 1.59. The first kappa shape index (κ1) is 22.6. The van der Waals surface area contributed by atoms with Crippen LogP contribution in [0, 0.1) is 0 Å². The van der Waals surface area contributed by atoms with Gasteiger partial charge in [-0.15, -0.1) is 0 Å². The molecule has 1 saturated heterocycles. The highest BCUT2D eigenvalue weighted by atomic mass is 32.2. The number of anilines is 1. The fourth-order valence-electron chi connectivity index (χ4n) is 5.34. The second-order valence-corrected chi connectivity index (χ2v) is 11.3. The zero-order valence-corrected chi connectivity index (χ0v) is 19.9. The van der Waals surface area contributed by atoms with Crippen LogP contribution in [0.15, 0.2) is 42.5 Å². The van der Waals surface area contributed by atoms with Crippen molar-refractivity contribution in [3.8, 4) is 0 Å². The van der Waals surface area contributed by atoms with Crippen molar-refractivity contribution in [2.24, 2.45) is 0 Å². The zero-order valence-electron chi connectivity index (χ0n) is 19.0. The van der Waals surface area contributed by atoms with Gasteiger partial charge in [0.2, 0.25) is 10.0 Å². The average molecular weight is 482 g/mol. The van der Waals surface area contributed by atoms with Crippen molar-refractivity contribution >= 4 is 33.4 Å². The molecule has 2 heterocycles. The third-order valence-corrected chi connectivity index (χ3v) is 8.94. The minimum absolute atomic E-state index is 0.00415. The Morgan fingerprint density at radius 1 is 1.06 bits per heavy atom. The van der Waals surface area contributed by atoms with Crippen molar-refractivity contribution < 1.29 is 22.8 Å². The Labute approximate surface area is 199 Å². The molecule has 1 fully saturated rings. The molecule has 5 rings (SSSR count). The summed E-state index contributed by atoms with van der Waals surface area (Å²) >= 11 is 0. The van der Waals surface area contributed by atoms with Gasteiger partial charge in [-0.1, -0.05) is 24.3 Å². The number of aryl methyl sites for hydroxylation is 1. The van der Waals surface area contributed by atoms with E-state index in [1.54, 1.807) is 25.1 Å². The summed E-state index contributed by atoms with van der Waals surface area (Å²) in [6, 6.07) is 12.0. The quantitative estimate of drug-likeness (QED) is 0.522. The maximum atomic E-state index is 13.6. The molecule has 3 amide bonds. The van der Waals surface area contributed by atoms with Crippen molar-refractivity contribution in [3.63, 3.8) is 0 Å². The first-order valence-electron chi connectivity index (χ1n) is 11.7. The summed E-state index contributed by atoms with van der Waals surface area (Å²) < 4.78 is 26.0. The Morgan fingerprint density at radius 2 is 1.85 bits per heavy atom. The SMILES string of the molecule is CCS(=O)(=O)N1CCc2cc(C(=O)CN3C(=O)NC4(CCCCc5ccccc54)C3=O)ccc21. The van der Waals surface area contributed by atoms with E-state index >= 15 is 0 Å². The highest BCUT2D eigenvalue weighted by Gasteiger charge is 2.53. The second-order valence-electron chi connectivity index (χ2n) is 9.08. The number of urea groups is 1. The fourth-order valence-corrected chi connectivity index (χ4v) is 6.50. The minimum Gasteiger partial charge on any atom is -0.319 e. The lowest BCUT2D eigenvalue weighted by Gasteiger charge is -2.27. The van der Waals surface area contributed by atoms with Crippen molar-refractivity contribution in [1.29, 1.82) is 0 Å². The number of carbonyl (C=O) groups is 3. The monoisotopic (exact) mass is 481 g/mol. The zero-order chi connectivity index (χ0) is 24.1. The van der Waals surface area contributed by atoms with E-state index in [1.807, 2.05) is 24.3 Å². The number of ketones is 1. The van der Waals surface area contributed by atoms with Gasteiger partial charge in [-0.25, -0.2) is 13.2 Å². The van der Waals surface area contributed by atoms with Crippen molar-refractivity contribution in [3.05, 3.63) is 64.7 Å². The predicted molar refractivity (Wildman–Crippen MR) is 127 cm³/mol. The molecule has 178 valence electrons. The molecule has 2 aromatic rings. The first-order chi connectivity index (χ1) is 16.3. The number of nitrogens with one attached hydrogen (secondary N) is 1. The molecule has 1 N–H and O–H groups in total. The molecule has 1 spiro atoms. The average Bonchev–Trinajstić information content (AvgIpc) is 3.30. The summed E-state index contributed by atoms with van der Waals surface area (Å²) in [6.07, 6.45) is 3.59. The summed E-state index contributed by atoms with van der Waals surface area (Å²) in [5.74, 6) is -0.742. The van der Waals surface area contributed by atoms with Gasteiger partial charge in [0, 0.05) is 12.1 Å². The third kappa shape index (κ3) is 3.50. The van der Waals surface area contributed by atoms with Crippen LogP contribution in [-0.4, -0.2) is 49.9 Å². The lowest BCUT2D eigenvalue weighted by atomic mass is 9.84. The number of Topliss-reactive ketones (excluding diaryl/α,β-unsaturated/α-hetero) is 1. The highest BCUT2D eigenvalue weighted by Crippen LogP contribution is 2.39. The molecule has 0 saturated carbocycles.